The van der Waals surface area contributed by atoms with Crippen molar-refractivity contribution < 1.29 is 4.74 Å². The van der Waals surface area contributed by atoms with Crippen LogP contribution in [0.3, 0.4) is 0 Å². The van der Waals surface area contributed by atoms with Gasteiger partial charge in [0.15, 0.2) is 0 Å². The van der Waals surface area contributed by atoms with E-state index in [0.717, 1.165) is 5.56 Å². The van der Waals surface area contributed by atoms with Crippen molar-refractivity contribution in [3.8, 4) is 5.88 Å². The molecule has 1 aliphatic rings. The van der Waals surface area contributed by atoms with Gasteiger partial charge in [-0.15, -0.1) is 0 Å². The van der Waals surface area contributed by atoms with E-state index < -0.39 is 0 Å². The number of nitrogen functional groups attached to an aromatic ring is 1. The molecular formula is C9H11BrN2O. The minimum atomic E-state index is 0.0250. The van der Waals surface area contributed by atoms with Crippen molar-refractivity contribution in [2.75, 3.05) is 12.3 Å². The van der Waals surface area contributed by atoms with Crippen LogP contribution < -0.4 is 10.5 Å². The van der Waals surface area contributed by atoms with Gasteiger partial charge in [-0.2, -0.15) is 0 Å². The number of aromatic nitrogens is 1. The van der Waals surface area contributed by atoms with Crippen LogP contribution in [-0.2, 0) is 5.41 Å². The maximum absolute atomic E-state index is 5.75. The zero-order valence-corrected chi connectivity index (χ0v) is 9.18. The van der Waals surface area contributed by atoms with Crippen molar-refractivity contribution in [1.29, 1.82) is 0 Å². The molecule has 0 fully saturated rings. The van der Waals surface area contributed by atoms with Gasteiger partial charge in [0.25, 0.3) is 0 Å². The SMILES string of the molecule is CC1(C)COc2nc(Br)c(N)cc21. The number of pyridine rings is 1. The maximum atomic E-state index is 5.75. The summed E-state index contributed by atoms with van der Waals surface area (Å²) in [5.41, 5.74) is 7.53. The molecule has 2 rings (SSSR count). The molecule has 13 heavy (non-hydrogen) atoms. The highest BCUT2D eigenvalue weighted by molar-refractivity contribution is 9.10. The van der Waals surface area contributed by atoms with Crippen LogP contribution in [0.25, 0.3) is 0 Å². The molecule has 70 valence electrons. The highest BCUT2D eigenvalue weighted by Crippen LogP contribution is 2.39. The Labute approximate surface area is 85.4 Å². The number of anilines is 1. The minimum absolute atomic E-state index is 0.0250. The van der Waals surface area contributed by atoms with Crippen LogP contribution >= 0.6 is 15.9 Å². The van der Waals surface area contributed by atoms with Crippen molar-refractivity contribution >= 4 is 21.6 Å². The lowest BCUT2D eigenvalue weighted by atomic mass is 9.88. The van der Waals surface area contributed by atoms with Crippen molar-refractivity contribution in [2.24, 2.45) is 0 Å². The number of hydrogen-bond acceptors (Lipinski definition) is 3. The predicted octanol–water partition coefficient (Wildman–Crippen LogP) is 2.10. The van der Waals surface area contributed by atoms with Gasteiger partial charge < -0.3 is 10.5 Å². The fraction of sp³-hybridized carbons (Fsp3) is 0.444. The molecule has 2 heterocycles. The van der Waals surface area contributed by atoms with E-state index in [2.05, 4.69) is 34.8 Å². The smallest absolute Gasteiger partial charge is 0.218 e. The molecule has 0 atom stereocenters. The molecule has 3 nitrogen and oxygen atoms in total. The van der Waals surface area contributed by atoms with Crippen LogP contribution in [0.15, 0.2) is 10.7 Å². The molecule has 0 radical (unpaired) electrons. The lowest BCUT2D eigenvalue weighted by Gasteiger charge is -2.14. The van der Waals surface area contributed by atoms with Gasteiger partial charge >= 0.3 is 0 Å². The number of ether oxygens (including phenoxy) is 1. The normalized spacial score (nSPS) is 18.1. The summed E-state index contributed by atoms with van der Waals surface area (Å²) in [4.78, 5) is 4.22. The zero-order valence-electron chi connectivity index (χ0n) is 7.60. The van der Waals surface area contributed by atoms with Crippen LogP contribution in [0.5, 0.6) is 5.88 Å². The largest absolute Gasteiger partial charge is 0.476 e. The van der Waals surface area contributed by atoms with Crippen LogP contribution in [-0.4, -0.2) is 11.6 Å². The van der Waals surface area contributed by atoms with Crippen molar-refractivity contribution in [2.45, 2.75) is 19.3 Å². The van der Waals surface area contributed by atoms with E-state index in [4.69, 9.17) is 10.5 Å². The molecule has 0 aromatic carbocycles. The van der Waals surface area contributed by atoms with Gasteiger partial charge in [-0.1, -0.05) is 13.8 Å². The Kier molecular flexibility index (Phi) is 1.77. The summed E-state index contributed by atoms with van der Waals surface area (Å²) in [5, 5.41) is 0. The van der Waals surface area contributed by atoms with Gasteiger partial charge in [0.2, 0.25) is 5.88 Å². The Bertz CT molecular complexity index is 363. The second-order valence-electron chi connectivity index (χ2n) is 3.89. The van der Waals surface area contributed by atoms with E-state index in [-0.39, 0.29) is 5.41 Å². The Morgan fingerprint density at radius 1 is 1.62 bits per heavy atom. The molecule has 0 bridgehead atoms. The molecular weight excluding hydrogens is 232 g/mol. The molecule has 1 aromatic heterocycles. The van der Waals surface area contributed by atoms with Gasteiger partial charge in [0, 0.05) is 11.0 Å². The van der Waals surface area contributed by atoms with E-state index >= 15 is 0 Å². The first-order valence-corrected chi connectivity index (χ1v) is 4.89. The molecule has 0 aliphatic carbocycles. The Morgan fingerprint density at radius 2 is 2.31 bits per heavy atom. The molecule has 0 spiro atoms. The molecule has 2 N–H and O–H groups in total. The maximum Gasteiger partial charge on any atom is 0.218 e. The summed E-state index contributed by atoms with van der Waals surface area (Å²) in [6.07, 6.45) is 0. The first kappa shape index (κ1) is 8.81. The average molecular weight is 243 g/mol. The van der Waals surface area contributed by atoms with E-state index in [9.17, 15) is 0 Å². The third-order valence-corrected chi connectivity index (χ3v) is 2.90. The highest BCUT2D eigenvalue weighted by Gasteiger charge is 2.33. The van der Waals surface area contributed by atoms with Crippen LogP contribution in [0.1, 0.15) is 19.4 Å². The fourth-order valence-corrected chi connectivity index (χ4v) is 1.69. The molecule has 0 amide bonds. The summed E-state index contributed by atoms with van der Waals surface area (Å²) in [5.74, 6) is 0.700. The quantitative estimate of drug-likeness (QED) is 0.710. The zero-order chi connectivity index (χ0) is 9.64. The first-order chi connectivity index (χ1) is 6.00. The molecule has 0 saturated carbocycles. The number of nitrogens with zero attached hydrogens (tertiary/aromatic N) is 1. The molecule has 0 saturated heterocycles. The summed E-state index contributed by atoms with van der Waals surface area (Å²) in [7, 11) is 0. The van der Waals surface area contributed by atoms with Gasteiger partial charge in [-0.05, 0) is 22.0 Å². The minimum Gasteiger partial charge on any atom is -0.476 e. The number of halogens is 1. The third-order valence-electron chi connectivity index (χ3n) is 2.27. The Hall–Kier alpha value is -0.770. The van der Waals surface area contributed by atoms with Crippen molar-refractivity contribution in [3.63, 3.8) is 0 Å². The molecule has 1 aliphatic heterocycles. The monoisotopic (exact) mass is 242 g/mol. The lowest BCUT2D eigenvalue weighted by Crippen LogP contribution is -2.18. The topological polar surface area (TPSA) is 48.1 Å². The summed E-state index contributed by atoms with van der Waals surface area (Å²) in [6.45, 7) is 4.91. The Balaban J connectivity index is 2.61. The van der Waals surface area contributed by atoms with E-state index in [1.165, 1.54) is 0 Å². The second kappa shape index (κ2) is 2.61. The average Bonchev–Trinajstić information content (AvgIpc) is 2.31. The number of nitrogens with two attached hydrogens (primary N) is 1. The van der Waals surface area contributed by atoms with Gasteiger partial charge in [-0.25, -0.2) is 4.98 Å². The summed E-state index contributed by atoms with van der Waals surface area (Å²) >= 11 is 3.27. The number of rotatable bonds is 0. The summed E-state index contributed by atoms with van der Waals surface area (Å²) < 4.78 is 6.11. The first-order valence-electron chi connectivity index (χ1n) is 4.10. The van der Waals surface area contributed by atoms with Crippen LogP contribution in [0.2, 0.25) is 0 Å². The van der Waals surface area contributed by atoms with Gasteiger partial charge in [0.05, 0.1) is 12.3 Å². The standard InChI is InChI=1S/C9H11BrN2O/c1-9(2)4-13-8-5(9)3-6(11)7(10)12-8/h3H,4,11H2,1-2H3. The van der Waals surface area contributed by atoms with Gasteiger partial charge in [0.1, 0.15) is 4.60 Å². The van der Waals surface area contributed by atoms with Gasteiger partial charge in [-0.3, -0.25) is 0 Å². The summed E-state index contributed by atoms with van der Waals surface area (Å²) in [6, 6.07) is 1.93. The lowest BCUT2D eigenvalue weighted by molar-refractivity contribution is 0.284. The Morgan fingerprint density at radius 3 is 3.00 bits per heavy atom. The molecule has 1 aromatic rings. The second-order valence-corrected chi connectivity index (χ2v) is 4.64. The third kappa shape index (κ3) is 1.29. The van der Waals surface area contributed by atoms with E-state index in [0.29, 0.717) is 22.8 Å². The predicted molar refractivity (Wildman–Crippen MR) is 54.9 cm³/mol. The van der Waals surface area contributed by atoms with Crippen molar-refractivity contribution in [3.05, 3.63) is 16.2 Å². The van der Waals surface area contributed by atoms with Crippen molar-refractivity contribution in [1.82, 2.24) is 4.98 Å². The highest BCUT2D eigenvalue weighted by atomic mass is 79.9. The fourth-order valence-electron chi connectivity index (χ4n) is 1.41. The van der Waals surface area contributed by atoms with E-state index in [1.54, 1.807) is 0 Å². The molecule has 4 heteroatoms. The number of fused-ring (bicyclic) bond motifs is 1. The number of hydrogen-bond donors (Lipinski definition) is 1. The van der Waals surface area contributed by atoms with Crippen LogP contribution in [0, 0.1) is 0 Å². The molecule has 0 unspecified atom stereocenters. The van der Waals surface area contributed by atoms with E-state index in [1.807, 2.05) is 6.07 Å². The van der Waals surface area contributed by atoms with Crippen LogP contribution in [0.4, 0.5) is 5.69 Å².